The number of piperidine rings is 1. The Bertz CT molecular complexity index is 1010. The van der Waals surface area contributed by atoms with Gasteiger partial charge in [-0.05, 0) is 62.4 Å². The molecule has 33 heavy (non-hydrogen) atoms. The minimum absolute atomic E-state index is 0.0353. The Morgan fingerprint density at radius 2 is 1.79 bits per heavy atom. The average Bonchev–Trinajstić information content (AvgIpc) is 2.82. The molecule has 1 aliphatic rings. The van der Waals surface area contributed by atoms with Crippen LogP contribution in [-0.2, 0) is 4.79 Å². The maximum atomic E-state index is 13.5. The van der Waals surface area contributed by atoms with E-state index in [2.05, 4.69) is 10.6 Å². The molecule has 0 aliphatic carbocycles. The lowest BCUT2D eigenvalue weighted by atomic mass is 9.88. The molecule has 2 aromatic rings. The van der Waals surface area contributed by atoms with E-state index in [0.717, 1.165) is 6.42 Å². The van der Waals surface area contributed by atoms with Gasteiger partial charge in [0.2, 0.25) is 5.91 Å². The van der Waals surface area contributed by atoms with Crippen LogP contribution in [0.5, 0.6) is 0 Å². The quantitative estimate of drug-likeness (QED) is 0.637. The standard InChI is InChI=1S/C25H29ClFN3O3/c1-3-16(2)28-24(32)22(29-23(31)20-9-4-5-10-21(20)26)17-11-13-30(14-12-17)25(33)18-7-6-8-19(27)15-18/h4-10,15-17,22H,3,11-14H2,1-2H3,(H,28,32)(H,29,31)/t16-,22+/m1/s1. The second-order valence-electron chi connectivity index (χ2n) is 8.39. The van der Waals surface area contributed by atoms with Crippen molar-refractivity contribution in [3.05, 3.63) is 70.5 Å². The number of nitrogens with zero attached hydrogens (tertiary/aromatic N) is 1. The van der Waals surface area contributed by atoms with Gasteiger partial charge in [0.1, 0.15) is 11.9 Å². The molecular formula is C25H29ClFN3O3. The number of carbonyl (C=O) groups excluding carboxylic acids is 3. The van der Waals surface area contributed by atoms with Gasteiger partial charge >= 0.3 is 0 Å². The number of amides is 3. The molecule has 0 saturated carbocycles. The summed E-state index contributed by atoms with van der Waals surface area (Å²) in [6, 6.07) is 11.5. The van der Waals surface area contributed by atoms with Crippen molar-refractivity contribution in [3.63, 3.8) is 0 Å². The van der Waals surface area contributed by atoms with Crippen LogP contribution < -0.4 is 10.6 Å². The predicted molar refractivity (Wildman–Crippen MR) is 126 cm³/mol. The first-order valence-electron chi connectivity index (χ1n) is 11.2. The molecule has 1 fully saturated rings. The first-order valence-corrected chi connectivity index (χ1v) is 11.6. The summed E-state index contributed by atoms with van der Waals surface area (Å²) < 4.78 is 13.5. The summed E-state index contributed by atoms with van der Waals surface area (Å²) in [4.78, 5) is 40.3. The van der Waals surface area contributed by atoms with Crippen molar-refractivity contribution in [2.24, 2.45) is 5.92 Å². The molecule has 6 nitrogen and oxygen atoms in total. The second kappa shape index (κ2) is 11.3. The Morgan fingerprint density at radius 3 is 2.42 bits per heavy atom. The zero-order chi connectivity index (χ0) is 24.0. The van der Waals surface area contributed by atoms with Crippen LogP contribution in [0.15, 0.2) is 48.5 Å². The van der Waals surface area contributed by atoms with Crippen LogP contribution >= 0.6 is 11.6 Å². The maximum Gasteiger partial charge on any atom is 0.253 e. The van der Waals surface area contributed by atoms with Crippen LogP contribution in [0.3, 0.4) is 0 Å². The fourth-order valence-electron chi connectivity index (χ4n) is 3.94. The molecule has 3 rings (SSSR count). The van der Waals surface area contributed by atoms with Crippen molar-refractivity contribution in [3.8, 4) is 0 Å². The lowest BCUT2D eigenvalue weighted by molar-refractivity contribution is -0.125. The highest BCUT2D eigenvalue weighted by molar-refractivity contribution is 6.33. The van der Waals surface area contributed by atoms with E-state index < -0.39 is 17.8 Å². The SMILES string of the molecule is CC[C@@H](C)NC(=O)[C@@H](NC(=O)c1ccccc1Cl)C1CCN(C(=O)c2cccc(F)c2)CC1. The lowest BCUT2D eigenvalue weighted by Crippen LogP contribution is -2.55. The monoisotopic (exact) mass is 473 g/mol. The summed E-state index contributed by atoms with van der Waals surface area (Å²) in [5.74, 6) is -1.52. The van der Waals surface area contributed by atoms with Crippen LogP contribution in [0.1, 0.15) is 53.8 Å². The van der Waals surface area contributed by atoms with E-state index in [1.165, 1.54) is 18.2 Å². The highest BCUT2D eigenvalue weighted by Crippen LogP contribution is 2.24. The number of hydrogen-bond acceptors (Lipinski definition) is 3. The van der Waals surface area contributed by atoms with Gasteiger partial charge in [0, 0.05) is 24.7 Å². The van der Waals surface area contributed by atoms with Gasteiger partial charge in [-0.2, -0.15) is 0 Å². The third-order valence-electron chi connectivity index (χ3n) is 6.06. The molecule has 1 saturated heterocycles. The molecule has 3 amide bonds. The lowest BCUT2D eigenvalue weighted by Gasteiger charge is -2.36. The minimum Gasteiger partial charge on any atom is -0.352 e. The smallest absolute Gasteiger partial charge is 0.253 e. The Hall–Kier alpha value is -2.93. The van der Waals surface area contributed by atoms with E-state index in [4.69, 9.17) is 11.6 Å². The summed E-state index contributed by atoms with van der Waals surface area (Å²) in [7, 11) is 0. The van der Waals surface area contributed by atoms with Crippen molar-refractivity contribution in [1.29, 1.82) is 0 Å². The molecule has 2 aromatic carbocycles. The molecule has 2 atom stereocenters. The fraction of sp³-hybridized carbons (Fsp3) is 0.400. The number of rotatable bonds is 7. The van der Waals surface area contributed by atoms with Gasteiger partial charge in [-0.15, -0.1) is 0 Å². The van der Waals surface area contributed by atoms with Crippen molar-refractivity contribution < 1.29 is 18.8 Å². The van der Waals surface area contributed by atoms with Gasteiger partial charge in [0.15, 0.2) is 0 Å². The fourth-order valence-corrected chi connectivity index (χ4v) is 4.16. The average molecular weight is 474 g/mol. The molecular weight excluding hydrogens is 445 g/mol. The molecule has 1 aliphatic heterocycles. The van der Waals surface area contributed by atoms with E-state index in [1.54, 1.807) is 35.2 Å². The topological polar surface area (TPSA) is 78.5 Å². The normalized spacial score (nSPS) is 16.1. The van der Waals surface area contributed by atoms with Gasteiger partial charge in [-0.3, -0.25) is 14.4 Å². The molecule has 0 bridgehead atoms. The highest BCUT2D eigenvalue weighted by Gasteiger charge is 2.34. The Balaban J connectivity index is 1.71. The summed E-state index contributed by atoms with van der Waals surface area (Å²) in [5, 5.41) is 6.14. The summed E-state index contributed by atoms with van der Waals surface area (Å²) in [5.41, 5.74) is 0.603. The number of halogens is 2. The first-order chi connectivity index (χ1) is 15.8. The van der Waals surface area contributed by atoms with E-state index in [9.17, 15) is 18.8 Å². The Morgan fingerprint density at radius 1 is 1.09 bits per heavy atom. The van der Waals surface area contributed by atoms with Crippen molar-refractivity contribution >= 4 is 29.3 Å². The largest absolute Gasteiger partial charge is 0.352 e. The summed E-state index contributed by atoms with van der Waals surface area (Å²) in [6.45, 7) is 4.70. The number of nitrogens with one attached hydrogen (secondary N) is 2. The molecule has 176 valence electrons. The van der Waals surface area contributed by atoms with Crippen LogP contribution in [0.25, 0.3) is 0 Å². The Kier molecular flexibility index (Phi) is 8.44. The molecule has 0 radical (unpaired) electrons. The van der Waals surface area contributed by atoms with Crippen LogP contribution in [0, 0.1) is 11.7 Å². The molecule has 0 spiro atoms. The van der Waals surface area contributed by atoms with Crippen molar-refractivity contribution in [1.82, 2.24) is 15.5 Å². The predicted octanol–water partition coefficient (Wildman–Crippen LogP) is 4.04. The molecule has 0 aromatic heterocycles. The highest BCUT2D eigenvalue weighted by atomic mass is 35.5. The van der Waals surface area contributed by atoms with E-state index in [-0.39, 0.29) is 23.8 Å². The molecule has 8 heteroatoms. The van der Waals surface area contributed by atoms with Crippen molar-refractivity contribution in [2.45, 2.75) is 45.2 Å². The molecule has 2 N–H and O–H groups in total. The van der Waals surface area contributed by atoms with Gasteiger partial charge in [-0.25, -0.2) is 4.39 Å². The third-order valence-corrected chi connectivity index (χ3v) is 6.39. The Labute approximate surface area is 198 Å². The molecule has 1 heterocycles. The van der Waals surface area contributed by atoms with Crippen molar-refractivity contribution in [2.75, 3.05) is 13.1 Å². The van der Waals surface area contributed by atoms with Gasteiger partial charge < -0.3 is 15.5 Å². The zero-order valence-electron chi connectivity index (χ0n) is 18.8. The van der Waals surface area contributed by atoms with Crippen LogP contribution in [0.2, 0.25) is 5.02 Å². The van der Waals surface area contributed by atoms with Gasteiger partial charge in [0.25, 0.3) is 11.8 Å². The first kappa shape index (κ1) is 24.7. The van der Waals surface area contributed by atoms with E-state index >= 15 is 0 Å². The number of likely N-dealkylation sites (tertiary alicyclic amines) is 1. The van der Waals surface area contributed by atoms with Gasteiger partial charge in [-0.1, -0.05) is 36.7 Å². The minimum atomic E-state index is -0.755. The molecule has 0 unspecified atom stereocenters. The van der Waals surface area contributed by atoms with E-state index in [0.29, 0.717) is 42.1 Å². The summed E-state index contributed by atoms with van der Waals surface area (Å²) in [6.07, 6.45) is 1.82. The zero-order valence-corrected chi connectivity index (χ0v) is 19.6. The number of hydrogen-bond donors (Lipinski definition) is 2. The van der Waals surface area contributed by atoms with E-state index in [1.807, 2.05) is 13.8 Å². The second-order valence-corrected chi connectivity index (χ2v) is 8.80. The number of benzene rings is 2. The number of carbonyl (C=O) groups is 3. The summed E-state index contributed by atoms with van der Waals surface area (Å²) >= 11 is 6.17. The van der Waals surface area contributed by atoms with Crippen LogP contribution in [-0.4, -0.2) is 47.8 Å². The third kappa shape index (κ3) is 6.32. The maximum absolute atomic E-state index is 13.5. The van der Waals surface area contributed by atoms with Gasteiger partial charge in [0.05, 0.1) is 10.6 Å². The van der Waals surface area contributed by atoms with Crippen LogP contribution in [0.4, 0.5) is 4.39 Å².